The van der Waals surface area contributed by atoms with E-state index >= 15 is 0 Å². The number of nitrogens with zero attached hydrogens (tertiary/aromatic N) is 5. The molecule has 1 aliphatic heterocycles. The van der Waals surface area contributed by atoms with Gasteiger partial charge in [-0.05, 0) is 44.9 Å². The molecular weight excluding hydrogens is 399 g/mol. The molecule has 1 saturated heterocycles. The second-order valence-corrected chi connectivity index (χ2v) is 6.95. The van der Waals surface area contributed by atoms with E-state index in [4.69, 9.17) is 5.73 Å². The number of rotatable bonds is 3. The molecular formula is C19H24Cl2N6O. The molecule has 1 amide bonds. The first-order valence-corrected chi connectivity index (χ1v) is 8.86. The van der Waals surface area contributed by atoms with Crippen LogP contribution in [0.15, 0.2) is 36.7 Å². The second-order valence-electron chi connectivity index (χ2n) is 6.95. The van der Waals surface area contributed by atoms with Crippen molar-refractivity contribution in [2.24, 2.45) is 11.7 Å². The Morgan fingerprint density at radius 2 is 2.07 bits per heavy atom. The summed E-state index contributed by atoms with van der Waals surface area (Å²) in [6.07, 6.45) is 4.50. The summed E-state index contributed by atoms with van der Waals surface area (Å²) < 4.78 is 1.73. The van der Waals surface area contributed by atoms with Gasteiger partial charge in [0, 0.05) is 35.8 Å². The molecule has 1 fully saturated rings. The van der Waals surface area contributed by atoms with Crippen molar-refractivity contribution in [3.63, 3.8) is 0 Å². The predicted octanol–water partition coefficient (Wildman–Crippen LogP) is 2.78. The van der Waals surface area contributed by atoms with Crippen LogP contribution in [-0.4, -0.2) is 49.9 Å². The van der Waals surface area contributed by atoms with E-state index in [1.165, 1.54) is 0 Å². The van der Waals surface area contributed by atoms with E-state index in [1.54, 1.807) is 10.9 Å². The number of pyridine rings is 1. The number of fused-ring (bicyclic) bond motifs is 1. The van der Waals surface area contributed by atoms with Gasteiger partial charge in [0.05, 0.1) is 11.4 Å². The van der Waals surface area contributed by atoms with Gasteiger partial charge in [0.15, 0.2) is 5.69 Å². The van der Waals surface area contributed by atoms with E-state index in [0.717, 1.165) is 28.6 Å². The summed E-state index contributed by atoms with van der Waals surface area (Å²) >= 11 is 0. The number of carbonyl (C=O) groups excluding carboxylic acids is 1. The standard InChI is InChI=1S/C19H22N6O.2ClH/c1-12-8-14(9-20)11-24(12)19(26)18-13(2)25(23-22-18)17-5-3-4-15-10-21-7-6-16(15)17;;/h3-7,10,12,14H,8-9,11,20H2,1-2H3;2*1H. The van der Waals surface area contributed by atoms with Crippen molar-refractivity contribution >= 4 is 41.5 Å². The van der Waals surface area contributed by atoms with Gasteiger partial charge in [0.2, 0.25) is 0 Å². The van der Waals surface area contributed by atoms with Crippen LogP contribution in [-0.2, 0) is 0 Å². The number of hydrogen-bond acceptors (Lipinski definition) is 5. The number of nitrogens with two attached hydrogens (primary N) is 1. The SMILES string of the molecule is Cc1c(C(=O)N2CC(CN)CC2C)nnn1-c1cccc2cnccc12.Cl.Cl. The Kier molecular flexibility index (Phi) is 6.98. The quantitative estimate of drug-likeness (QED) is 0.700. The van der Waals surface area contributed by atoms with Crippen LogP contribution >= 0.6 is 24.8 Å². The molecule has 9 heteroatoms. The second kappa shape index (κ2) is 8.86. The highest BCUT2D eigenvalue weighted by molar-refractivity contribution is 5.94. The minimum Gasteiger partial charge on any atom is -0.334 e. The first-order chi connectivity index (χ1) is 12.6. The Morgan fingerprint density at radius 3 is 2.79 bits per heavy atom. The smallest absolute Gasteiger partial charge is 0.276 e. The van der Waals surface area contributed by atoms with Crippen LogP contribution in [0.25, 0.3) is 16.5 Å². The Labute approximate surface area is 176 Å². The number of aromatic nitrogens is 4. The van der Waals surface area contributed by atoms with E-state index in [9.17, 15) is 4.79 Å². The Balaban J connectivity index is 0.00000140. The van der Waals surface area contributed by atoms with Crippen molar-refractivity contribution in [1.29, 1.82) is 0 Å². The van der Waals surface area contributed by atoms with E-state index in [2.05, 4.69) is 22.2 Å². The maximum atomic E-state index is 13.0. The molecule has 3 heterocycles. The highest BCUT2D eigenvalue weighted by Crippen LogP contribution is 2.26. The normalized spacial score (nSPS) is 18.6. The molecule has 2 unspecified atom stereocenters. The van der Waals surface area contributed by atoms with Crippen molar-refractivity contribution in [3.05, 3.63) is 48.0 Å². The lowest BCUT2D eigenvalue weighted by Crippen LogP contribution is -2.35. The summed E-state index contributed by atoms with van der Waals surface area (Å²) in [4.78, 5) is 19.0. The fraction of sp³-hybridized carbons (Fsp3) is 0.368. The van der Waals surface area contributed by atoms with Crippen LogP contribution in [0.5, 0.6) is 0 Å². The van der Waals surface area contributed by atoms with Gasteiger partial charge in [-0.2, -0.15) is 0 Å². The molecule has 150 valence electrons. The van der Waals surface area contributed by atoms with Crippen LogP contribution in [0.2, 0.25) is 0 Å². The highest BCUT2D eigenvalue weighted by atomic mass is 35.5. The number of carbonyl (C=O) groups is 1. The summed E-state index contributed by atoms with van der Waals surface area (Å²) in [5, 5.41) is 10.5. The van der Waals surface area contributed by atoms with Crippen molar-refractivity contribution in [2.45, 2.75) is 26.3 Å². The number of benzene rings is 1. The number of likely N-dealkylation sites (tertiary alicyclic amines) is 1. The lowest BCUT2D eigenvalue weighted by atomic mass is 10.1. The number of hydrogen-bond donors (Lipinski definition) is 1. The van der Waals surface area contributed by atoms with Gasteiger partial charge in [-0.25, -0.2) is 4.68 Å². The third kappa shape index (κ3) is 3.70. The molecule has 7 nitrogen and oxygen atoms in total. The molecule has 2 atom stereocenters. The average Bonchev–Trinajstić information content (AvgIpc) is 3.23. The van der Waals surface area contributed by atoms with Crippen LogP contribution in [0, 0.1) is 12.8 Å². The van der Waals surface area contributed by atoms with Crippen LogP contribution in [0.4, 0.5) is 0 Å². The zero-order valence-corrected chi connectivity index (χ0v) is 17.4. The maximum absolute atomic E-state index is 13.0. The molecule has 0 bridgehead atoms. The van der Waals surface area contributed by atoms with Crippen LogP contribution in [0.3, 0.4) is 0 Å². The Hall–Kier alpha value is -2.22. The average molecular weight is 423 g/mol. The maximum Gasteiger partial charge on any atom is 0.276 e. The molecule has 3 aromatic rings. The zero-order valence-electron chi connectivity index (χ0n) is 15.8. The molecule has 0 saturated carbocycles. The lowest BCUT2D eigenvalue weighted by molar-refractivity contribution is 0.0736. The Bertz CT molecular complexity index is 971. The summed E-state index contributed by atoms with van der Waals surface area (Å²) in [6, 6.07) is 8.05. The van der Waals surface area contributed by atoms with Crippen LogP contribution in [0.1, 0.15) is 29.5 Å². The first kappa shape index (κ1) is 22.1. The zero-order chi connectivity index (χ0) is 18.3. The molecule has 0 spiro atoms. The van der Waals surface area contributed by atoms with Crippen LogP contribution < -0.4 is 5.73 Å². The van der Waals surface area contributed by atoms with Gasteiger partial charge in [-0.15, -0.1) is 29.9 Å². The topological polar surface area (TPSA) is 89.9 Å². The van der Waals surface area contributed by atoms with Crippen molar-refractivity contribution in [1.82, 2.24) is 24.9 Å². The molecule has 2 aromatic heterocycles. The lowest BCUT2D eigenvalue weighted by Gasteiger charge is -2.20. The fourth-order valence-electron chi connectivity index (χ4n) is 3.78. The molecule has 4 rings (SSSR count). The monoisotopic (exact) mass is 422 g/mol. The molecule has 0 radical (unpaired) electrons. The fourth-order valence-corrected chi connectivity index (χ4v) is 3.78. The summed E-state index contributed by atoms with van der Waals surface area (Å²) in [5.74, 6) is 0.286. The summed E-state index contributed by atoms with van der Waals surface area (Å²) in [7, 11) is 0. The minimum absolute atomic E-state index is 0. The van der Waals surface area contributed by atoms with E-state index in [1.807, 2.05) is 42.3 Å². The Morgan fingerprint density at radius 1 is 1.29 bits per heavy atom. The van der Waals surface area contributed by atoms with Gasteiger partial charge < -0.3 is 10.6 Å². The number of amides is 1. The third-order valence-electron chi connectivity index (χ3n) is 5.24. The van der Waals surface area contributed by atoms with Crippen molar-refractivity contribution < 1.29 is 4.79 Å². The highest BCUT2D eigenvalue weighted by Gasteiger charge is 2.34. The molecule has 28 heavy (non-hydrogen) atoms. The van der Waals surface area contributed by atoms with E-state index < -0.39 is 0 Å². The number of halogens is 2. The first-order valence-electron chi connectivity index (χ1n) is 8.86. The van der Waals surface area contributed by atoms with E-state index in [0.29, 0.717) is 24.7 Å². The van der Waals surface area contributed by atoms with Gasteiger partial charge in [0.1, 0.15) is 0 Å². The van der Waals surface area contributed by atoms with E-state index in [-0.39, 0.29) is 36.8 Å². The molecule has 1 aliphatic rings. The summed E-state index contributed by atoms with van der Waals surface area (Å²) in [6.45, 7) is 5.23. The predicted molar refractivity (Wildman–Crippen MR) is 114 cm³/mol. The van der Waals surface area contributed by atoms with Gasteiger partial charge in [-0.1, -0.05) is 17.3 Å². The summed E-state index contributed by atoms with van der Waals surface area (Å²) in [5.41, 5.74) is 7.82. The molecule has 1 aromatic carbocycles. The van der Waals surface area contributed by atoms with Crippen molar-refractivity contribution in [3.8, 4) is 5.69 Å². The van der Waals surface area contributed by atoms with Gasteiger partial charge >= 0.3 is 0 Å². The van der Waals surface area contributed by atoms with Crippen molar-refractivity contribution in [2.75, 3.05) is 13.1 Å². The third-order valence-corrected chi connectivity index (χ3v) is 5.24. The van der Waals surface area contributed by atoms with Gasteiger partial charge in [0.25, 0.3) is 5.91 Å². The largest absolute Gasteiger partial charge is 0.334 e. The van der Waals surface area contributed by atoms with Gasteiger partial charge in [-0.3, -0.25) is 9.78 Å². The minimum atomic E-state index is -0.0703. The molecule has 0 aliphatic carbocycles. The molecule has 2 N–H and O–H groups in total.